The quantitative estimate of drug-likeness (QED) is 0.792. The molecule has 0 aromatic heterocycles. The van der Waals surface area contributed by atoms with Crippen molar-refractivity contribution in [3.63, 3.8) is 0 Å². The molecule has 5 heteroatoms. The van der Waals surface area contributed by atoms with Crippen molar-refractivity contribution in [3.8, 4) is 23.0 Å². The van der Waals surface area contributed by atoms with Gasteiger partial charge in [-0.25, -0.2) is 0 Å². The van der Waals surface area contributed by atoms with Gasteiger partial charge in [-0.2, -0.15) is 0 Å². The summed E-state index contributed by atoms with van der Waals surface area (Å²) >= 11 is 0. The first kappa shape index (κ1) is 15.6. The highest BCUT2D eigenvalue weighted by Gasteiger charge is 2.28. The molecule has 0 unspecified atom stereocenters. The maximum atomic E-state index is 12.5. The Labute approximate surface area is 145 Å². The summed E-state index contributed by atoms with van der Waals surface area (Å²) in [5.41, 5.74) is 1.37. The highest BCUT2D eigenvalue weighted by molar-refractivity contribution is 6.14. The van der Waals surface area contributed by atoms with E-state index in [0.717, 1.165) is 12.0 Å². The number of ketones is 1. The monoisotopic (exact) mass is 338 g/mol. The molecule has 0 saturated heterocycles. The Hall–Kier alpha value is -2.95. The molecule has 2 heterocycles. The Morgan fingerprint density at radius 2 is 1.88 bits per heavy atom. The number of benzene rings is 2. The van der Waals surface area contributed by atoms with E-state index in [0.29, 0.717) is 54.1 Å². The number of rotatable bonds is 4. The molecule has 0 saturated carbocycles. The van der Waals surface area contributed by atoms with E-state index >= 15 is 0 Å². The lowest BCUT2D eigenvalue weighted by Crippen LogP contribution is -2.15. The van der Waals surface area contributed by atoms with Crippen molar-refractivity contribution in [2.75, 3.05) is 19.8 Å². The molecule has 0 fully saturated rings. The molecular weight excluding hydrogens is 320 g/mol. The van der Waals surface area contributed by atoms with Gasteiger partial charge in [0.2, 0.25) is 5.78 Å². The molecule has 0 atom stereocenters. The normalized spacial score (nSPS) is 16.5. The van der Waals surface area contributed by atoms with E-state index in [9.17, 15) is 4.79 Å². The third-order valence-electron chi connectivity index (χ3n) is 3.98. The molecule has 2 aromatic carbocycles. The van der Waals surface area contributed by atoms with Crippen molar-refractivity contribution >= 4 is 11.9 Å². The lowest BCUT2D eigenvalue weighted by atomic mass is 10.1. The molecule has 0 spiro atoms. The summed E-state index contributed by atoms with van der Waals surface area (Å²) in [6.45, 7) is 3.75. The van der Waals surface area contributed by atoms with Crippen LogP contribution < -0.4 is 18.9 Å². The van der Waals surface area contributed by atoms with Crippen molar-refractivity contribution in [1.82, 2.24) is 0 Å². The van der Waals surface area contributed by atoms with E-state index < -0.39 is 0 Å². The van der Waals surface area contributed by atoms with Gasteiger partial charge in [-0.05, 0) is 42.3 Å². The molecule has 0 amide bonds. The van der Waals surface area contributed by atoms with Crippen molar-refractivity contribution in [2.45, 2.75) is 13.3 Å². The zero-order chi connectivity index (χ0) is 17.2. The molecule has 0 bridgehead atoms. The fourth-order valence-electron chi connectivity index (χ4n) is 2.78. The van der Waals surface area contributed by atoms with Crippen LogP contribution in [-0.2, 0) is 0 Å². The molecule has 25 heavy (non-hydrogen) atoms. The fraction of sp³-hybridized carbons (Fsp3) is 0.250. The van der Waals surface area contributed by atoms with Crippen LogP contribution in [0, 0.1) is 0 Å². The summed E-state index contributed by atoms with van der Waals surface area (Å²) in [6.07, 6.45) is 2.64. The first-order valence-electron chi connectivity index (χ1n) is 8.35. The van der Waals surface area contributed by atoms with Crippen LogP contribution in [0.1, 0.15) is 29.3 Å². The number of fused-ring (bicyclic) bond motifs is 2. The molecule has 2 aliphatic heterocycles. The van der Waals surface area contributed by atoms with Gasteiger partial charge in [0, 0.05) is 6.07 Å². The third kappa shape index (κ3) is 3.05. The first-order valence-corrected chi connectivity index (χ1v) is 8.35. The molecule has 5 nitrogen and oxygen atoms in total. The summed E-state index contributed by atoms with van der Waals surface area (Å²) < 4.78 is 22.4. The Morgan fingerprint density at radius 1 is 1.04 bits per heavy atom. The summed E-state index contributed by atoms with van der Waals surface area (Å²) in [7, 11) is 0. The van der Waals surface area contributed by atoms with Gasteiger partial charge in [-0.3, -0.25) is 4.79 Å². The molecule has 4 rings (SSSR count). The van der Waals surface area contributed by atoms with Gasteiger partial charge in [0.25, 0.3) is 0 Å². The Kier molecular flexibility index (Phi) is 4.06. The second-order valence-electron chi connectivity index (χ2n) is 5.85. The topological polar surface area (TPSA) is 54.0 Å². The second-order valence-corrected chi connectivity index (χ2v) is 5.85. The molecule has 128 valence electrons. The van der Waals surface area contributed by atoms with E-state index in [-0.39, 0.29) is 5.78 Å². The van der Waals surface area contributed by atoms with Crippen molar-refractivity contribution in [2.24, 2.45) is 0 Å². The minimum atomic E-state index is -0.132. The molecule has 2 aromatic rings. The molecule has 0 aliphatic carbocycles. The van der Waals surface area contributed by atoms with E-state index in [2.05, 4.69) is 0 Å². The number of carbonyl (C=O) groups excluding carboxylic acids is 1. The van der Waals surface area contributed by atoms with Crippen LogP contribution in [0.3, 0.4) is 0 Å². The predicted octanol–water partition coefficient (Wildman–Crippen LogP) is 3.86. The highest BCUT2D eigenvalue weighted by atomic mass is 16.6. The van der Waals surface area contributed by atoms with Crippen LogP contribution in [0.4, 0.5) is 0 Å². The van der Waals surface area contributed by atoms with Crippen LogP contribution >= 0.6 is 0 Å². The second kappa shape index (κ2) is 6.51. The van der Waals surface area contributed by atoms with Crippen molar-refractivity contribution < 1.29 is 23.7 Å². The fourth-order valence-corrected chi connectivity index (χ4v) is 2.78. The van der Waals surface area contributed by atoms with Gasteiger partial charge in [0.15, 0.2) is 17.3 Å². The summed E-state index contributed by atoms with van der Waals surface area (Å²) in [5, 5.41) is 0. The Balaban J connectivity index is 1.59. The zero-order valence-corrected chi connectivity index (χ0v) is 13.9. The van der Waals surface area contributed by atoms with Crippen LogP contribution in [0.2, 0.25) is 0 Å². The number of hydrogen-bond donors (Lipinski definition) is 0. The van der Waals surface area contributed by atoms with Gasteiger partial charge in [-0.1, -0.05) is 13.0 Å². The van der Waals surface area contributed by atoms with Gasteiger partial charge < -0.3 is 18.9 Å². The lowest BCUT2D eigenvalue weighted by molar-refractivity contribution is 0.101. The summed E-state index contributed by atoms with van der Waals surface area (Å²) in [6, 6.07) is 10.8. The minimum Gasteiger partial charge on any atom is -0.493 e. The van der Waals surface area contributed by atoms with Crippen LogP contribution in [0.5, 0.6) is 23.0 Å². The highest BCUT2D eigenvalue weighted by Crippen LogP contribution is 2.36. The summed E-state index contributed by atoms with van der Waals surface area (Å²) in [4.78, 5) is 12.5. The smallest absolute Gasteiger partial charge is 0.231 e. The SMILES string of the molecule is CCCOc1ccc2c(c1)OC(=Cc1ccc3c(c1)OCCO3)C2=O. The number of allylic oxidation sites excluding steroid dienone is 1. The number of Topliss-reactive ketones (excluding diaryl/α,β-unsaturated/α-hetero) is 1. The number of hydrogen-bond acceptors (Lipinski definition) is 5. The summed E-state index contributed by atoms with van der Waals surface area (Å²) in [5.74, 6) is 2.79. The largest absolute Gasteiger partial charge is 0.493 e. The van der Waals surface area contributed by atoms with Gasteiger partial charge in [-0.15, -0.1) is 0 Å². The number of carbonyl (C=O) groups is 1. The average molecular weight is 338 g/mol. The lowest BCUT2D eigenvalue weighted by Gasteiger charge is -2.18. The van der Waals surface area contributed by atoms with E-state index in [4.69, 9.17) is 18.9 Å². The maximum absolute atomic E-state index is 12.5. The third-order valence-corrected chi connectivity index (χ3v) is 3.98. The number of ether oxygens (including phenoxy) is 4. The first-order chi connectivity index (χ1) is 12.2. The predicted molar refractivity (Wildman–Crippen MR) is 92.6 cm³/mol. The van der Waals surface area contributed by atoms with Crippen molar-refractivity contribution in [1.29, 1.82) is 0 Å². The Morgan fingerprint density at radius 3 is 2.72 bits per heavy atom. The van der Waals surface area contributed by atoms with Crippen LogP contribution in [-0.4, -0.2) is 25.6 Å². The average Bonchev–Trinajstić information content (AvgIpc) is 2.95. The van der Waals surface area contributed by atoms with Gasteiger partial charge in [0.05, 0.1) is 12.2 Å². The van der Waals surface area contributed by atoms with E-state index in [1.165, 1.54) is 0 Å². The van der Waals surface area contributed by atoms with Crippen LogP contribution in [0.15, 0.2) is 42.2 Å². The van der Waals surface area contributed by atoms with E-state index in [1.807, 2.05) is 25.1 Å². The van der Waals surface area contributed by atoms with Gasteiger partial charge >= 0.3 is 0 Å². The Bertz CT molecular complexity index is 853. The van der Waals surface area contributed by atoms with E-state index in [1.54, 1.807) is 24.3 Å². The zero-order valence-electron chi connectivity index (χ0n) is 13.9. The minimum absolute atomic E-state index is 0.132. The van der Waals surface area contributed by atoms with Gasteiger partial charge in [0.1, 0.15) is 24.7 Å². The molecule has 0 radical (unpaired) electrons. The molecular formula is C20H18O5. The maximum Gasteiger partial charge on any atom is 0.231 e. The van der Waals surface area contributed by atoms with Crippen LogP contribution in [0.25, 0.3) is 6.08 Å². The molecule has 2 aliphatic rings. The molecule has 0 N–H and O–H groups in total. The van der Waals surface area contributed by atoms with Crippen molar-refractivity contribution in [3.05, 3.63) is 53.3 Å². The standard InChI is InChI=1S/C20H18O5/c1-2-7-22-14-4-5-15-17(12-14)25-19(20(15)21)11-13-3-6-16-18(10-13)24-9-8-23-16/h3-6,10-12H,2,7-9H2,1H3.